The van der Waals surface area contributed by atoms with Crippen LogP contribution in [0.1, 0.15) is 22.8 Å². The Labute approximate surface area is 72.4 Å². The summed E-state index contributed by atoms with van der Waals surface area (Å²) in [4.78, 5) is 10.3. The van der Waals surface area contributed by atoms with Crippen LogP contribution in [0.4, 0.5) is 0 Å². The molecule has 2 heteroatoms. The summed E-state index contributed by atoms with van der Waals surface area (Å²) in [5, 5.41) is 0. The highest BCUT2D eigenvalue weighted by molar-refractivity contribution is 5.74. The van der Waals surface area contributed by atoms with Crippen molar-refractivity contribution in [2.24, 2.45) is 5.73 Å². The molecule has 0 aliphatic rings. The zero-order valence-electron chi connectivity index (χ0n) is 7.16. The highest BCUT2D eigenvalue weighted by Crippen LogP contribution is 2.04. The monoisotopic (exact) mass is 163 g/mol. The van der Waals surface area contributed by atoms with Crippen LogP contribution in [-0.2, 0) is 6.42 Å². The number of nitrogens with two attached hydrogens (primary N) is 1. The molecule has 1 aromatic rings. The average molecular weight is 163 g/mol. The first-order valence-electron chi connectivity index (χ1n) is 4.02. The van der Waals surface area contributed by atoms with Crippen molar-refractivity contribution in [3.8, 4) is 0 Å². The molecule has 0 fully saturated rings. The molecular formula is C10H13NO. The molecule has 0 heterocycles. The molecule has 0 aromatic heterocycles. The van der Waals surface area contributed by atoms with Gasteiger partial charge in [-0.05, 0) is 18.9 Å². The van der Waals surface area contributed by atoms with E-state index < -0.39 is 0 Å². The van der Waals surface area contributed by atoms with Crippen LogP contribution < -0.4 is 5.73 Å². The van der Waals surface area contributed by atoms with E-state index in [-0.39, 0.29) is 6.04 Å². The molecular weight excluding hydrogens is 150 g/mol. The molecule has 0 saturated carbocycles. The van der Waals surface area contributed by atoms with E-state index in [4.69, 9.17) is 5.73 Å². The van der Waals surface area contributed by atoms with Crippen LogP contribution in [0.3, 0.4) is 0 Å². The highest BCUT2D eigenvalue weighted by atomic mass is 16.1. The molecule has 1 rings (SSSR count). The van der Waals surface area contributed by atoms with E-state index in [1.807, 2.05) is 31.2 Å². The van der Waals surface area contributed by atoms with Crippen LogP contribution in [0.2, 0.25) is 0 Å². The van der Waals surface area contributed by atoms with Crippen molar-refractivity contribution in [3.63, 3.8) is 0 Å². The molecule has 64 valence electrons. The molecule has 0 saturated heterocycles. The van der Waals surface area contributed by atoms with Gasteiger partial charge in [-0.3, -0.25) is 4.79 Å². The van der Waals surface area contributed by atoms with Gasteiger partial charge in [-0.2, -0.15) is 0 Å². The Morgan fingerprint density at radius 2 is 2.00 bits per heavy atom. The third kappa shape index (κ3) is 2.47. The van der Waals surface area contributed by atoms with Gasteiger partial charge in [0.15, 0.2) is 0 Å². The fraction of sp³-hybridized carbons (Fsp3) is 0.300. The van der Waals surface area contributed by atoms with Gasteiger partial charge in [-0.15, -0.1) is 0 Å². The number of aldehydes is 1. The summed E-state index contributed by atoms with van der Waals surface area (Å²) in [5.41, 5.74) is 7.51. The number of carbonyl (C=O) groups excluding carboxylic acids is 1. The van der Waals surface area contributed by atoms with Crippen molar-refractivity contribution >= 4 is 6.29 Å². The van der Waals surface area contributed by atoms with Crippen molar-refractivity contribution in [2.45, 2.75) is 19.4 Å². The standard InChI is InChI=1S/C10H13NO/c1-8(11)6-9-2-4-10(7-12)5-3-9/h2-5,7-8H,6,11H2,1H3/t8-/m1/s1. The Balaban J connectivity index is 2.71. The summed E-state index contributed by atoms with van der Waals surface area (Å²) < 4.78 is 0. The number of hydrogen-bond acceptors (Lipinski definition) is 2. The zero-order valence-corrected chi connectivity index (χ0v) is 7.16. The van der Waals surface area contributed by atoms with Gasteiger partial charge in [-0.25, -0.2) is 0 Å². The van der Waals surface area contributed by atoms with Gasteiger partial charge in [0.2, 0.25) is 0 Å². The molecule has 0 amide bonds. The van der Waals surface area contributed by atoms with E-state index in [1.165, 1.54) is 5.56 Å². The summed E-state index contributed by atoms with van der Waals surface area (Å²) in [6.07, 6.45) is 1.70. The fourth-order valence-corrected chi connectivity index (χ4v) is 1.10. The molecule has 2 N–H and O–H groups in total. The quantitative estimate of drug-likeness (QED) is 0.684. The summed E-state index contributed by atoms with van der Waals surface area (Å²) in [5.74, 6) is 0. The minimum Gasteiger partial charge on any atom is -0.328 e. The molecule has 1 aromatic carbocycles. The highest BCUT2D eigenvalue weighted by Gasteiger charge is 1.96. The molecule has 0 spiro atoms. The SMILES string of the molecule is C[C@@H](N)Cc1ccc(C=O)cc1. The summed E-state index contributed by atoms with van der Waals surface area (Å²) >= 11 is 0. The Bertz CT molecular complexity index is 251. The van der Waals surface area contributed by atoms with Gasteiger partial charge in [0.25, 0.3) is 0 Å². The van der Waals surface area contributed by atoms with Crippen LogP contribution in [0.25, 0.3) is 0 Å². The third-order valence-electron chi connectivity index (χ3n) is 1.67. The van der Waals surface area contributed by atoms with Crippen molar-refractivity contribution in [2.75, 3.05) is 0 Å². The Morgan fingerprint density at radius 3 is 2.42 bits per heavy atom. The van der Waals surface area contributed by atoms with E-state index in [1.54, 1.807) is 0 Å². The van der Waals surface area contributed by atoms with Gasteiger partial charge in [0.1, 0.15) is 6.29 Å². The molecule has 0 aliphatic heterocycles. The van der Waals surface area contributed by atoms with Crippen LogP contribution in [0.15, 0.2) is 24.3 Å². The molecule has 1 atom stereocenters. The Morgan fingerprint density at radius 1 is 1.42 bits per heavy atom. The third-order valence-corrected chi connectivity index (χ3v) is 1.67. The van der Waals surface area contributed by atoms with E-state index in [0.717, 1.165) is 12.7 Å². The Kier molecular flexibility index (Phi) is 3.00. The van der Waals surface area contributed by atoms with E-state index in [2.05, 4.69) is 0 Å². The summed E-state index contributed by atoms with van der Waals surface area (Å²) in [6.45, 7) is 1.97. The van der Waals surface area contributed by atoms with Crippen LogP contribution in [0.5, 0.6) is 0 Å². The second-order valence-corrected chi connectivity index (χ2v) is 3.04. The van der Waals surface area contributed by atoms with Crippen molar-refractivity contribution in [3.05, 3.63) is 35.4 Å². The first-order valence-corrected chi connectivity index (χ1v) is 4.02. The van der Waals surface area contributed by atoms with E-state index >= 15 is 0 Å². The van der Waals surface area contributed by atoms with Gasteiger partial charge in [0.05, 0.1) is 0 Å². The topological polar surface area (TPSA) is 43.1 Å². The summed E-state index contributed by atoms with van der Waals surface area (Å²) in [6, 6.07) is 7.67. The molecule has 2 nitrogen and oxygen atoms in total. The largest absolute Gasteiger partial charge is 0.328 e. The second-order valence-electron chi connectivity index (χ2n) is 3.04. The van der Waals surface area contributed by atoms with Gasteiger partial charge < -0.3 is 5.73 Å². The predicted octanol–water partition coefficient (Wildman–Crippen LogP) is 1.39. The molecule has 12 heavy (non-hydrogen) atoms. The van der Waals surface area contributed by atoms with Crippen LogP contribution in [-0.4, -0.2) is 12.3 Å². The molecule has 0 unspecified atom stereocenters. The minimum absolute atomic E-state index is 0.173. The lowest BCUT2D eigenvalue weighted by Crippen LogP contribution is -2.17. The number of rotatable bonds is 3. The van der Waals surface area contributed by atoms with E-state index in [0.29, 0.717) is 5.56 Å². The van der Waals surface area contributed by atoms with Gasteiger partial charge in [0, 0.05) is 11.6 Å². The number of carbonyl (C=O) groups is 1. The van der Waals surface area contributed by atoms with Crippen molar-refractivity contribution < 1.29 is 4.79 Å². The van der Waals surface area contributed by atoms with Gasteiger partial charge >= 0.3 is 0 Å². The average Bonchev–Trinajstić information content (AvgIpc) is 2.05. The maximum Gasteiger partial charge on any atom is 0.150 e. The minimum atomic E-state index is 0.173. The lowest BCUT2D eigenvalue weighted by atomic mass is 10.1. The van der Waals surface area contributed by atoms with Crippen LogP contribution >= 0.6 is 0 Å². The maximum absolute atomic E-state index is 10.3. The number of benzene rings is 1. The summed E-state index contributed by atoms with van der Waals surface area (Å²) in [7, 11) is 0. The molecule has 0 radical (unpaired) electrons. The Hall–Kier alpha value is -1.15. The van der Waals surface area contributed by atoms with Crippen molar-refractivity contribution in [1.82, 2.24) is 0 Å². The normalized spacial score (nSPS) is 12.5. The zero-order chi connectivity index (χ0) is 8.97. The molecule has 0 bridgehead atoms. The fourth-order valence-electron chi connectivity index (χ4n) is 1.10. The smallest absolute Gasteiger partial charge is 0.150 e. The second kappa shape index (κ2) is 4.02. The predicted molar refractivity (Wildman–Crippen MR) is 49.2 cm³/mol. The first-order chi connectivity index (χ1) is 5.72. The lowest BCUT2D eigenvalue weighted by Gasteiger charge is -2.04. The molecule has 0 aliphatic carbocycles. The number of hydrogen-bond donors (Lipinski definition) is 1. The van der Waals surface area contributed by atoms with Crippen LogP contribution in [0, 0.1) is 0 Å². The first kappa shape index (κ1) is 8.94. The maximum atomic E-state index is 10.3. The van der Waals surface area contributed by atoms with Gasteiger partial charge in [-0.1, -0.05) is 24.3 Å². The van der Waals surface area contributed by atoms with Crippen molar-refractivity contribution in [1.29, 1.82) is 0 Å². The lowest BCUT2D eigenvalue weighted by molar-refractivity contribution is 0.112. The van der Waals surface area contributed by atoms with E-state index in [9.17, 15) is 4.79 Å².